The van der Waals surface area contributed by atoms with Gasteiger partial charge in [0.2, 0.25) is 5.91 Å². The molecule has 0 bridgehead atoms. The topological polar surface area (TPSA) is 125 Å². The number of amides is 3. The van der Waals surface area contributed by atoms with Crippen molar-refractivity contribution in [2.24, 2.45) is 0 Å². The number of nitrogen functional groups attached to an aromatic ring is 1. The van der Waals surface area contributed by atoms with Crippen molar-refractivity contribution in [3.05, 3.63) is 100 Å². The molecule has 0 aromatic heterocycles. The molecule has 1 aliphatic heterocycles. The average molecular weight is 561 g/mol. The van der Waals surface area contributed by atoms with E-state index in [-0.39, 0.29) is 30.7 Å². The molecule has 40 heavy (non-hydrogen) atoms. The van der Waals surface area contributed by atoms with Gasteiger partial charge < -0.3 is 26.4 Å². The number of aryl methyl sites for hydroxylation is 1. The van der Waals surface area contributed by atoms with Crippen LogP contribution in [0.15, 0.2) is 66.7 Å². The van der Waals surface area contributed by atoms with Crippen molar-refractivity contribution in [3.63, 3.8) is 0 Å². The van der Waals surface area contributed by atoms with Gasteiger partial charge in [0.1, 0.15) is 6.04 Å². The number of carbonyl (C=O) groups is 3. The molecule has 0 radical (unpaired) electrons. The van der Waals surface area contributed by atoms with E-state index in [1.807, 2.05) is 69.3 Å². The van der Waals surface area contributed by atoms with Gasteiger partial charge in [-0.15, -0.1) is 11.8 Å². The molecule has 1 fully saturated rings. The van der Waals surface area contributed by atoms with Crippen molar-refractivity contribution >= 4 is 35.2 Å². The fourth-order valence-corrected chi connectivity index (χ4v) is 5.93. The number of hydrogen-bond acceptors (Lipinski definition) is 6. The molecule has 1 saturated heterocycles. The lowest BCUT2D eigenvalue weighted by atomic mass is 9.98. The smallest absolute Gasteiger partial charge is 0.254 e. The number of nitrogens with zero attached hydrogens (tertiary/aromatic N) is 1. The van der Waals surface area contributed by atoms with Crippen LogP contribution in [0.4, 0.5) is 5.69 Å². The van der Waals surface area contributed by atoms with E-state index in [1.165, 1.54) is 16.7 Å². The zero-order valence-electron chi connectivity index (χ0n) is 23.0. The molecule has 5 N–H and O–H groups in total. The van der Waals surface area contributed by atoms with Crippen LogP contribution in [0.3, 0.4) is 0 Å². The van der Waals surface area contributed by atoms with Gasteiger partial charge in [0.15, 0.2) is 6.10 Å². The molecule has 0 aliphatic carbocycles. The number of anilines is 1. The van der Waals surface area contributed by atoms with Gasteiger partial charge in [0, 0.05) is 23.5 Å². The van der Waals surface area contributed by atoms with Crippen LogP contribution in [0.2, 0.25) is 0 Å². The van der Waals surface area contributed by atoms with E-state index in [2.05, 4.69) is 10.6 Å². The molecule has 8 nitrogen and oxygen atoms in total. The van der Waals surface area contributed by atoms with E-state index in [4.69, 9.17) is 5.73 Å². The molecule has 3 aromatic carbocycles. The van der Waals surface area contributed by atoms with Gasteiger partial charge in [-0.25, -0.2) is 0 Å². The van der Waals surface area contributed by atoms with E-state index >= 15 is 0 Å². The Labute approximate surface area is 239 Å². The summed E-state index contributed by atoms with van der Waals surface area (Å²) in [5.74, 6) is -0.567. The molecule has 9 heteroatoms. The fraction of sp³-hybridized carbons (Fsp3) is 0.323. The normalized spacial score (nSPS) is 16.3. The summed E-state index contributed by atoms with van der Waals surface area (Å²) in [5.41, 5.74) is 11.6. The quantitative estimate of drug-likeness (QED) is 0.298. The Bertz CT molecular complexity index is 1380. The van der Waals surface area contributed by atoms with Gasteiger partial charge in [-0.05, 0) is 67.1 Å². The second-order valence-electron chi connectivity index (χ2n) is 10.1. The highest BCUT2D eigenvalue weighted by Gasteiger charge is 2.40. The number of nitrogens with one attached hydrogen (secondary N) is 2. The van der Waals surface area contributed by atoms with Gasteiger partial charge >= 0.3 is 0 Å². The zero-order valence-corrected chi connectivity index (χ0v) is 23.8. The predicted octanol–water partition coefficient (Wildman–Crippen LogP) is 3.11. The second-order valence-corrected chi connectivity index (χ2v) is 11.1. The average Bonchev–Trinajstić information content (AvgIpc) is 3.45. The van der Waals surface area contributed by atoms with Crippen molar-refractivity contribution in [2.75, 3.05) is 17.4 Å². The number of rotatable bonds is 9. The molecule has 0 spiro atoms. The Morgan fingerprint density at radius 1 is 1.00 bits per heavy atom. The molecule has 210 valence electrons. The molecule has 0 saturated carbocycles. The maximum absolute atomic E-state index is 13.6. The summed E-state index contributed by atoms with van der Waals surface area (Å²) in [5, 5.41) is 17.1. The maximum atomic E-state index is 13.6. The minimum Gasteiger partial charge on any atom is -0.399 e. The Balaban J connectivity index is 1.50. The standard InChI is InChI=1S/C31H36N4O4S/c1-19-9-7-13-24(20(19)2)29(37)34-26(15-22-10-5-4-6-11-22)28(36)31(39)35-18-40-17-27(35)30(38)33-16-23-12-8-14-25(32)21(23)3/h4-14,26-28,36H,15-18,32H2,1-3H3,(H,33,38)(H,34,37)/t26-,27-,28-/m0/s1. The van der Waals surface area contributed by atoms with Crippen LogP contribution in [0, 0.1) is 20.8 Å². The number of aliphatic hydroxyl groups excluding tert-OH is 1. The molecular formula is C31H36N4O4S. The predicted molar refractivity (Wildman–Crippen MR) is 159 cm³/mol. The van der Waals surface area contributed by atoms with E-state index in [9.17, 15) is 19.5 Å². The van der Waals surface area contributed by atoms with Crippen LogP contribution >= 0.6 is 11.8 Å². The van der Waals surface area contributed by atoms with Gasteiger partial charge in [0.05, 0.1) is 11.9 Å². The summed E-state index contributed by atoms with van der Waals surface area (Å²) < 4.78 is 0. The lowest BCUT2D eigenvalue weighted by Crippen LogP contribution is -2.56. The number of aliphatic hydroxyl groups is 1. The van der Waals surface area contributed by atoms with Gasteiger partial charge in [-0.2, -0.15) is 0 Å². The van der Waals surface area contributed by atoms with Crippen molar-refractivity contribution in [3.8, 4) is 0 Å². The van der Waals surface area contributed by atoms with Crippen LogP contribution in [0.25, 0.3) is 0 Å². The third-order valence-electron chi connectivity index (χ3n) is 7.51. The van der Waals surface area contributed by atoms with Crippen LogP contribution in [0.1, 0.15) is 38.2 Å². The van der Waals surface area contributed by atoms with Crippen molar-refractivity contribution in [1.29, 1.82) is 0 Å². The molecule has 3 amide bonds. The van der Waals surface area contributed by atoms with Crippen LogP contribution in [-0.2, 0) is 22.6 Å². The first-order valence-electron chi connectivity index (χ1n) is 13.3. The summed E-state index contributed by atoms with van der Waals surface area (Å²) in [7, 11) is 0. The molecule has 4 rings (SSSR count). The van der Waals surface area contributed by atoms with Crippen molar-refractivity contribution < 1.29 is 19.5 Å². The minimum absolute atomic E-state index is 0.247. The number of hydrogen-bond donors (Lipinski definition) is 4. The number of nitrogens with two attached hydrogens (primary N) is 1. The Morgan fingerprint density at radius 3 is 2.48 bits per heavy atom. The van der Waals surface area contributed by atoms with Gasteiger partial charge in [0.25, 0.3) is 11.8 Å². The van der Waals surface area contributed by atoms with E-state index in [0.29, 0.717) is 17.0 Å². The Morgan fingerprint density at radius 2 is 1.73 bits per heavy atom. The Hall–Kier alpha value is -3.82. The number of thioether (sulfide) groups is 1. The molecular weight excluding hydrogens is 524 g/mol. The first-order chi connectivity index (χ1) is 19.2. The summed E-state index contributed by atoms with van der Waals surface area (Å²) in [6.45, 7) is 5.97. The Kier molecular flexibility index (Phi) is 9.50. The van der Waals surface area contributed by atoms with Crippen LogP contribution in [-0.4, -0.2) is 57.5 Å². The lowest BCUT2D eigenvalue weighted by Gasteiger charge is -2.30. The first kappa shape index (κ1) is 29.2. The highest BCUT2D eigenvalue weighted by atomic mass is 32.2. The summed E-state index contributed by atoms with van der Waals surface area (Å²) >= 11 is 1.45. The van der Waals surface area contributed by atoms with Gasteiger partial charge in [-0.1, -0.05) is 54.6 Å². The summed E-state index contributed by atoms with van der Waals surface area (Å²) in [4.78, 5) is 41.5. The third-order valence-corrected chi connectivity index (χ3v) is 8.52. The van der Waals surface area contributed by atoms with Gasteiger partial charge in [-0.3, -0.25) is 14.4 Å². The second kappa shape index (κ2) is 13.0. The van der Waals surface area contributed by atoms with Crippen molar-refractivity contribution in [2.45, 2.75) is 51.9 Å². The largest absolute Gasteiger partial charge is 0.399 e. The summed E-state index contributed by atoms with van der Waals surface area (Å²) in [6, 6.07) is 18.7. The molecule has 0 unspecified atom stereocenters. The van der Waals surface area contributed by atoms with Crippen molar-refractivity contribution in [1.82, 2.24) is 15.5 Å². The minimum atomic E-state index is -1.54. The number of carbonyl (C=O) groups excluding carboxylic acids is 3. The molecule has 1 aliphatic rings. The van der Waals surface area contributed by atoms with E-state index in [1.54, 1.807) is 18.2 Å². The monoisotopic (exact) mass is 560 g/mol. The van der Waals surface area contributed by atoms with Crippen LogP contribution in [0.5, 0.6) is 0 Å². The molecule has 3 atom stereocenters. The zero-order chi connectivity index (χ0) is 28.8. The number of benzene rings is 3. The van der Waals surface area contributed by atoms with E-state index in [0.717, 1.165) is 27.8 Å². The first-order valence-corrected chi connectivity index (χ1v) is 14.4. The summed E-state index contributed by atoms with van der Waals surface area (Å²) in [6.07, 6.45) is -1.30. The fourth-order valence-electron chi connectivity index (χ4n) is 4.77. The molecule has 1 heterocycles. The highest BCUT2D eigenvalue weighted by Crippen LogP contribution is 2.24. The SMILES string of the molecule is Cc1cccc(C(=O)N[C@@H](Cc2ccccc2)[C@H](O)C(=O)N2CSC[C@H]2C(=O)NCc2cccc(N)c2C)c1C. The van der Waals surface area contributed by atoms with Crippen LogP contribution < -0.4 is 16.4 Å². The third kappa shape index (κ3) is 6.66. The van der Waals surface area contributed by atoms with E-state index < -0.39 is 24.1 Å². The highest BCUT2D eigenvalue weighted by molar-refractivity contribution is 7.99. The lowest BCUT2D eigenvalue weighted by molar-refractivity contribution is -0.146. The molecule has 3 aromatic rings. The maximum Gasteiger partial charge on any atom is 0.254 e.